The van der Waals surface area contributed by atoms with Gasteiger partial charge in [0.15, 0.2) is 0 Å². The number of hydrogen-bond donors (Lipinski definition) is 1. The first kappa shape index (κ1) is 9.33. The average Bonchev–Trinajstić information content (AvgIpc) is 1.39. The molecule has 0 spiro atoms. The zero-order chi connectivity index (χ0) is 5.41. The molecule has 0 aliphatic heterocycles. The number of nitrogens with zero attached hydrogens (tertiary/aromatic N) is 1. The van der Waals surface area contributed by atoms with Crippen LogP contribution in [0.5, 0.6) is 0 Å². The summed E-state index contributed by atoms with van der Waals surface area (Å²) in [6, 6.07) is 0. The molecule has 0 aromatic heterocycles. The highest BCUT2D eigenvalue weighted by molar-refractivity contribution is 9.12. The van der Waals surface area contributed by atoms with E-state index in [1.807, 2.05) is 0 Å². The van der Waals surface area contributed by atoms with Crippen LogP contribution in [-0.2, 0) is 0 Å². The van der Waals surface area contributed by atoms with Gasteiger partial charge in [-0.15, -0.1) is 0 Å². The first-order chi connectivity index (χ1) is 2.83. The molecule has 0 fully saturated rings. The molecular formula is C3H6BrNO. The highest BCUT2D eigenvalue weighted by Crippen LogP contribution is 1.58. The Morgan fingerprint density at radius 1 is 2.00 bits per heavy atom. The van der Waals surface area contributed by atoms with Crippen molar-refractivity contribution in [2.24, 2.45) is 0 Å². The molecule has 0 aromatic rings. The predicted octanol–water partition coefficient (Wildman–Crippen LogP) is 0.861. The fourth-order valence-electron chi connectivity index (χ4n) is 0. The molecule has 2 nitrogen and oxygen atoms in total. The van der Waals surface area contributed by atoms with Crippen molar-refractivity contribution in [3.05, 3.63) is 0 Å². The van der Waals surface area contributed by atoms with Gasteiger partial charge in [0.1, 0.15) is 4.98 Å². The number of halogens is 1. The maximum Gasteiger partial charge on any atom is 0.142 e. The summed E-state index contributed by atoms with van der Waals surface area (Å²) in [7, 11) is 0. The lowest BCUT2D eigenvalue weighted by Crippen LogP contribution is -1.57. The zero-order valence-electron chi connectivity index (χ0n) is 3.48. The Morgan fingerprint density at radius 2 is 2.00 bits per heavy atom. The van der Waals surface area contributed by atoms with Gasteiger partial charge >= 0.3 is 0 Å². The predicted molar refractivity (Wildman–Crippen MR) is 27.3 cm³/mol. The molecule has 0 heterocycles. The van der Waals surface area contributed by atoms with Crippen molar-refractivity contribution in [3.63, 3.8) is 0 Å². The highest BCUT2D eigenvalue weighted by atomic mass is 79.9. The molecule has 0 aliphatic rings. The lowest BCUT2D eigenvalue weighted by atomic mass is 10.9. The molecule has 3 heteroatoms. The van der Waals surface area contributed by atoms with Crippen molar-refractivity contribution in [2.75, 3.05) is 6.61 Å². The Hall–Kier alpha value is -0.0700. The molecule has 36 valence electrons. The number of rotatable bonds is 0. The maximum absolute atomic E-state index is 7.57. The van der Waals surface area contributed by atoms with E-state index < -0.39 is 0 Å². The van der Waals surface area contributed by atoms with Gasteiger partial charge in [0.25, 0.3) is 0 Å². The smallest absolute Gasteiger partial charge is 0.142 e. The summed E-state index contributed by atoms with van der Waals surface area (Å²) in [5, 5.41) is 14.8. The second-order valence-corrected chi connectivity index (χ2v) is 0.755. The third-order valence-electron chi connectivity index (χ3n) is 0. The summed E-state index contributed by atoms with van der Waals surface area (Å²) >= 11 is 2.45. The molecule has 0 saturated heterocycles. The molecule has 6 heavy (non-hydrogen) atoms. The zero-order valence-corrected chi connectivity index (χ0v) is 5.07. The minimum absolute atomic E-state index is 0.250. The van der Waals surface area contributed by atoms with E-state index in [1.54, 1.807) is 11.9 Å². The van der Waals surface area contributed by atoms with Gasteiger partial charge in [-0.3, -0.25) is 0 Å². The van der Waals surface area contributed by atoms with Crippen LogP contribution in [0.15, 0.2) is 0 Å². The quantitative estimate of drug-likeness (QED) is 0.559. The standard InChI is InChI=1S/C2H6O.CBrN/c1-2-3;2-1-3/h3H,2H2,1H3;. The maximum atomic E-state index is 7.57. The minimum Gasteiger partial charge on any atom is -0.397 e. The van der Waals surface area contributed by atoms with E-state index >= 15 is 0 Å². The van der Waals surface area contributed by atoms with Crippen molar-refractivity contribution in [1.82, 2.24) is 0 Å². The SMILES string of the molecule is CCO.N#CBr. The molecular weight excluding hydrogens is 146 g/mol. The summed E-state index contributed by atoms with van der Waals surface area (Å²) < 4.78 is 0. The molecule has 1 N–H and O–H groups in total. The van der Waals surface area contributed by atoms with Gasteiger partial charge in [0.05, 0.1) is 0 Å². The Balaban J connectivity index is 0. The second kappa shape index (κ2) is 20.4. The van der Waals surface area contributed by atoms with Crippen LogP contribution in [0.2, 0.25) is 0 Å². The van der Waals surface area contributed by atoms with Crippen LogP contribution in [0.25, 0.3) is 0 Å². The van der Waals surface area contributed by atoms with Gasteiger partial charge in [-0.05, 0) is 6.92 Å². The second-order valence-electron chi connectivity index (χ2n) is 0.401. The van der Waals surface area contributed by atoms with E-state index in [0.29, 0.717) is 0 Å². The van der Waals surface area contributed by atoms with Crippen molar-refractivity contribution < 1.29 is 5.11 Å². The molecule has 0 unspecified atom stereocenters. The van der Waals surface area contributed by atoms with E-state index in [9.17, 15) is 0 Å². The molecule has 0 amide bonds. The van der Waals surface area contributed by atoms with Gasteiger partial charge in [0.2, 0.25) is 0 Å². The first-order valence-corrected chi connectivity index (χ1v) is 2.23. The fraction of sp³-hybridized carbons (Fsp3) is 0.667. The summed E-state index contributed by atoms with van der Waals surface area (Å²) in [6.45, 7) is 1.93. The number of aliphatic hydroxyl groups excluding tert-OH is 1. The van der Waals surface area contributed by atoms with Crippen LogP contribution in [0.3, 0.4) is 0 Å². The van der Waals surface area contributed by atoms with Crippen LogP contribution in [-0.4, -0.2) is 11.7 Å². The third-order valence-corrected chi connectivity index (χ3v) is 0. The number of hydrogen-bond acceptors (Lipinski definition) is 2. The number of aliphatic hydroxyl groups is 1. The van der Waals surface area contributed by atoms with E-state index in [-0.39, 0.29) is 6.61 Å². The van der Waals surface area contributed by atoms with E-state index in [1.165, 1.54) is 0 Å². The minimum atomic E-state index is 0.250. The van der Waals surface area contributed by atoms with Crippen molar-refractivity contribution in [1.29, 1.82) is 5.26 Å². The van der Waals surface area contributed by atoms with Gasteiger partial charge in [0, 0.05) is 22.5 Å². The van der Waals surface area contributed by atoms with Gasteiger partial charge in [-0.25, -0.2) is 0 Å². The molecule has 0 aromatic carbocycles. The Morgan fingerprint density at radius 3 is 2.00 bits per heavy atom. The number of nitriles is 1. The summed E-state index contributed by atoms with van der Waals surface area (Å²) in [5.41, 5.74) is 0. The largest absolute Gasteiger partial charge is 0.397 e. The lowest BCUT2D eigenvalue weighted by molar-refractivity contribution is 0.318. The van der Waals surface area contributed by atoms with Gasteiger partial charge < -0.3 is 5.11 Å². The Bertz CT molecular complexity index is 40.5. The van der Waals surface area contributed by atoms with Gasteiger partial charge in [-0.2, -0.15) is 5.26 Å². The Kier molecular flexibility index (Phi) is 31.8. The first-order valence-electron chi connectivity index (χ1n) is 1.44. The molecule has 0 radical (unpaired) electrons. The highest BCUT2D eigenvalue weighted by Gasteiger charge is 1.34. The fourth-order valence-corrected chi connectivity index (χ4v) is 0. The monoisotopic (exact) mass is 151 g/mol. The van der Waals surface area contributed by atoms with Crippen LogP contribution in [0.4, 0.5) is 0 Å². The summed E-state index contributed by atoms with van der Waals surface area (Å²) in [4.78, 5) is 1.56. The molecule has 0 atom stereocenters. The third kappa shape index (κ3) is 6890. The molecule has 0 rings (SSSR count). The van der Waals surface area contributed by atoms with Crippen molar-refractivity contribution in [3.8, 4) is 4.98 Å². The normalized spacial score (nSPS) is 4.33. The summed E-state index contributed by atoms with van der Waals surface area (Å²) in [6.07, 6.45) is 0. The van der Waals surface area contributed by atoms with Crippen molar-refractivity contribution in [2.45, 2.75) is 6.92 Å². The molecule has 0 bridgehead atoms. The van der Waals surface area contributed by atoms with E-state index in [2.05, 4.69) is 15.9 Å². The topological polar surface area (TPSA) is 44.0 Å². The molecule has 0 saturated carbocycles. The van der Waals surface area contributed by atoms with E-state index in [0.717, 1.165) is 0 Å². The van der Waals surface area contributed by atoms with Crippen LogP contribution < -0.4 is 0 Å². The van der Waals surface area contributed by atoms with Gasteiger partial charge in [-0.1, -0.05) is 0 Å². The Labute approximate surface area is 45.5 Å². The van der Waals surface area contributed by atoms with E-state index in [4.69, 9.17) is 10.4 Å². The summed E-state index contributed by atoms with van der Waals surface area (Å²) in [5.74, 6) is 0. The van der Waals surface area contributed by atoms with Crippen LogP contribution in [0.1, 0.15) is 6.92 Å². The van der Waals surface area contributed by atoms with Crippen molar-refractivity contribution >= 4 is 15.9 Å². The van der Waals surface area contributed by atoms with Crippen LogP contribution in [0, 0.1) is 10.2 Å². The molecule has 0 aliphatic carbocycles. The lowest BCUT2D eigenvalue weighted by Gasteiger charge is -1.52. The van der Waals surface area contributed by atoms with Crippen LogP contribution >= 0.6 is 15.9 Å². The average molecular weight is 152 g/mol.